The second kappa shape index (κ2) is 3.43. The van der Waals surface area contributed by atoms with E-state index in [1.54, 1.807) is 0 Å². The summed E-state index contributed by atoms with van der Waals surface area (Å²) in [5, 5.41) is 10.7. The van der Waals surface area contributed by atoms with E-state index in [2.05, 4.69) is 5.43 Å². The van der Waals surface area contributed by atoms with Crippen LogP contribution in [0.2, 0.25) is 0 Å². The van der Waals surface area contributed by atoms with Crippen molar-refractivity contribution in [3.05, 3.63) is 42.5 Å². The molecule has 3 heteroatoms. The monoisotopic (exact) mass is 174 g/mol. The molecule has 3 N–H and O–H groups in total. The minimum absolute atomic E-state index is 0.862. The molecule has 0 aliphatic carbocycles. The third-order valence-electron chi connectivity index (χ3n) is 1.98. The Morgan fingerprint density at radius 3 is 2.54 bits per heavy atom. The molecule has 0 heterocycles. The van der Waals surface area contributed by atoms with Crippen molar-refractivity contribution in [2.45, 2.75) is 0 Å². The molecule has 2 aromatic rings. The van der Waals surface area contributed by atoms with E-state index in [0.717, 1.165) is 16.5 Å². The quantitative estimate of drug-likeness (QED) is 0.611. The van der Waals surface area contributed by atoms with Crippen molar-refractivity contribution in [1.29, 1.82) is 0 Å². The summed E-state index contributed by atoms with van der Waals surface area (Å²) in [6.07, 6.45) is 0. The fourth-order valence-corrected chi connectivity index (χ4v) is 1.39. The van der Waals surface area contributed by atoms with Crippen LogP contribution in [-0.4, -0.2) is 5.21 Å². The number of hydrogen-bond acceptors (Lipinski definition) is 3. The van der Waals surface area contributed by atoms with Gasteiger partial charge < -0.3 is 0 Å². The first-order valence-electron chi connectivity index (χ1n) is 4.04. The van der Waals surface area contributed by atoms with Gasteiger partial charge in [0.2, 0.25) is 0 Å². The molecule has 0 bridgehead atoms. The van der Waals surface area contributed by atoms with Crippen LogP contribution in [0.4, 0.5) is 5.69 Å². The Hall–Kier alpha value is -1.58. The van der Waals surface area contributed by atoms with Crippen LogP contribution in [0, 0.1) is 0 Å². The predicted molar refractivity (Wildman–Crippen MR) is 52.5 cm³/mol. The molecule has 66 valence electrons. The lowest BCUT2D eigenvalue weighted by molar-refractivity contribution is 0.193. The van der Waals surface area contributed by atoms with E-state index >= 15 is 0 Å². The van der Waals surface area contributed by atoms with Gasteiger partial charge in [-0.05, 0) is 11.5 Å². The second-order valence-electron chi connectivity index (χ2n) is 2.76. The van der Waals surface area contributed by atoms with E-state index in [0.29, 0.717) is 0 Å². The summed E-state index contributed by atoms with van der Waals surface area (Å²) in [4.78, 5) is 0. The van der Waals surface area contributed by atoms with Gasteiger partial charge in [0.05, 0.1) is 5.69 Å². The standard InChI is InChI=1S/C10H10N2O/c13-12-11-10-7-3-5-8-4-1-2-6-9(8)10/h1-7,11-13H. The lowest BCUT2D eigenvalue weighted by Gasteiger charge is -2.06. The smallest absolute Gasteiger partial charge is 0.0588 e. The number of rotatable bonds is 2. The number of anilines is 1. The first-order chi connectivity index (χ1) is 6.42. The fourth-order valence-electron chi connectivity index (χ4n) is 1.39. The summed E-state index contributed by atoms with van der Waals surface area (Å²) in [5.41, 5.74) is 5.44. The molecule has 0 radical (unpaired) electrons. The van der Waals surface area contributed by atoms with Crippen molar-refractivity contribution >= 4 is 16.5 Å². The largest absolute Gasteiger partial charge is 0.298 e. The molecule has 0 aliphatic rings. The van der Waals surface area contributed by atoms with Crippen molar-refractivity contribution in [3.8, 4) is 0 Å². The molecule has 3 nitrogen and oxygen atoms in total. The maximum Gasteiger partial charge on any atom is 0.0588 e. The molecule has 0 unspecified atom stereocenters. The maximum atomic E-state index is 8.52. The van der Waals surface area contributed by atoms with E-state index in [4.69, 9.17) is 5.21 Å². The van der Waals surface area contributed by atoms with Crippen molar-refractivity contribution in [1.82, 2.24) is 5.59 Å². The van der Waals surface area contributed by atoms with Crippen LogP contribution in [-0.2, 0) is 0 Å². The molecular weight excluding hydrogens is 164 g/mol. The number of benzene rings is 2. The van der Waals surface area contributed by atoms with Crippen LogP contribution in [0.1, 0.15) is 0 Å². The van der Waals surface area contributed by atoms with Gasteiger partial charge in [-0.25, -0.2) is 0 Å². The highest BCUT2D eigenvalue weighted by atomic mass is 16.5. The fraction of sp³-hybridized carbons (Fsp3) is 0. The minimum atomic E-state index is 0.862. The third kappa shape index (κ3) is 1.47. The Bertz CT molecular complexity index is 409. The molecule has 2 aromatic carbocycles. The van der Waals surface area contributed by atoms with Gasteiger partial charge in [-0.2, -0.15) is 0 Å². The zero-order chi connectivity index (χ0) is 9.10. The topological polar surface area (TPSA) is 44.3 Å². The van der Waals surface area contributed by atoms with Crippen LogP contribution in [0.5, 0.6) is 0 Å². The van der Waals surface area contributed by atoms with E-state index in [-0.39, 0.29) is 0 Å². The molecule has 2 rings (SSSR count). The third-order valence-corrected chi connectivity index (χ3v) is 1.98. The lowest BCUT2D eigenvalue weighted by Crippen LogP contribution is -2.15. The Labute approximate surface area is 75.9 Å². The average molecular weight is 174 g/mol. The van der Waals surface area contributed by atoms with Crippen LogP contribution >= 0.6 is 0 Å². The summed E-state index contributed by atoms with van der Waals surface area (Å²) >= 11 is 0. The molecule has 0 amide bonds. The molecule has 0 atom stereocenters. The van der Waals surface area contributed by atoms with Crippen LogP contribution in [0.15, 0.2) is 42.5 Å². The Morgan fingerprint density at radius 2 is 1.69 bits per heavy atom. The Balaban J connectivity index is 2.61. The molecule has 0 aromatic heterocycles. The first-order valence-corrected chi connectivity index (χ1v) is 4.04. The van der Waals surface area contributed by atoms with Crippen LogP contribution < -0.4 is 11.0 Å². The SMILES string of the molecule is ONNc1cccc2ccccc12. The van der Waals surface area contributed by atoms with Crippen molar-refractivity contribution in [2.75, 3.05) is 5.43 Å². The normalized spacial score (nSPS) is 10.2. The van der Waals surface area contributed by atoms with Crippen LogP contribution in [0.25, 0.3) is 10.8 Å². The van der Waals surface area contributed by atoms with Gasteiger partial charge in [-0.3, -0.25) is 10.6 Å². The number of nitrogens with one attached hydrogen (secondary N) is 2. The van der Waals surface area contributed by atoms with E-state index in [1.165, 1.54) is 0 Å². The highest BCUT2D eigenvalue weighted by Gasteiger charge is 1.96. The predicted octanol–water partition coefficient (Wildman–Crippen LogP) is 2.15. The van der Waals surface area contributed by atoms with Crippen molar-refractivity contribution < 1.29 is 5.21 Å². The highest BCUT2D eigenvalue weighted by Crippen LogP contribution is 2.21. The van der Waals surface area contributed by atoms with Crippen LogP contribution in [0.3, 0.4) is 0 Å². The molecule has 0 saturated heterocycles. The van der Waals surface area contributed by atoms with Gasteiger partial charge in [0, 0.05) is 5.39 Å². The van der Waals surface area contributed by atoms with Gasteiger partial charge in [-0.1, -0.05) is 36.4 Å². The Kier molecular flexibility index (Phi) is 2.12. The maximum absolute atomic E-state index is 8.52. The highest BCUT2D eigenvalue weighted by molar-refractivity contribution is 5.93. The summed E-state index contributed by atoms with van der Waals surface area (Å²) < 4.78 is 0. The number of hydrazine groups is 1. The van der Waals surface area contributed by atoms with E-state index < -0.39 is 0 Å². The second-order valence-corrected chi connectivity index (χ2v) is 2.76. The van der Waals surface area contributed by atoms with Gasteiger partial charge in [-0.15, -0.1) is 5.59 Å². The molecule has 13 heavy (non-hydrogen) atoms. The van der Waals surface area contributed by atoms with E-state index in [9.17, 15) is 0 Å². The summed E-state index contributed by atoms with van der Waals surface area (Å²) in [5.74, 6) is 0. The minimum Gasteiger partial charge on any atom is -0.298 e. The van der Waals surface area contributed by atoms with Gasteiger partial charge in [0.25, 0.3) is 0 Å². The molecule has 0 spiro atoms. The lowest BCUT2D eigenvalue weighted by atomic mass is 10.1. The number of fused-ring (bicyclic) bond motifs is 1. The zero-order valence-electron chi connectivity index (χ0n) is 6.99. The van der Waals surface area contributed by atoms with Crippen molar-refractivity contribution in [2.24, 2.45) is 0 Å². The Morgan fingerprint density at radius 1 is 0.923 bits per heavy atom. The summed E-state index contributed by atoms with van der Waals surface area (Å²) in [6.45, 7) is 0. The summed E-state index contributed by atoms with van der Waals surface area (Å²) in [7, 11) is 0. The average Bonchev–Trinajstić information content (AvgIpc) is 2.19. The van der Waals surface area contributed by atoms with Crippen molar-refractivity contribution in [3.63, 3.8) is 0 Å². The van der Waals surface area contributed by atoms with Gasteiger partial charge in [0.1, 0.15) is 0 Å². The molecular formula is C10H10N2O. The molecule has 0 aliphatic heterocycles. The first kappa shape index (κ1) is 8.04. The molecule has 0 fully saturated rings. The molecule has 0 saturated carbocycles. The summed E-state index contributed by atoms with van der Waals surface area (Å²) in [6, 6.07) is 13.8. The zero-order valence-corrected chi connectivity index (χ0v) is 6.99. The van der Waals surface area contributed by atoms with E-state index in [1.807, 2.05) is 48.1 Å². The van der Waals surface area contributed by atoms with Gasteiger partial charge >= 0.3 is 0 Å². The van der Waals surface area contributed by atoms with Gasteiger partial charge in [0.15, 0.2) is 0 Å². The number of hydrogen-bond donors (Lipinski definition) is 3.